The Labute approximate surface area is 99.0 Å². The summed E-state index contributed by atoms with van der Waals surface area (Å²) in [6, 6.07) is 5.72. The Morgan fingerprint density at radius 1 is 1.47 bits per heavy atom. The summed E-state index contributed by atoms with van der Waals surface area (Å²) in [5.74, 6) is -0.421. The highest BCUT2D eigenvalue weighted by Crippen LogP contribution is 2.24. The van der Waals surface area contributed by atoms with Crippen LogP contribution >= 0.6 is 0 Å². The molecule has 0 atom stereocenters. The van der Waals surface area contributed by atoms with Crippen molar-refractivity contribution in [1.29, 1.82) is 0 Å². The van der Waals surface area contributed by atoms with Gasteiger partial charge in [-0.25, -0.2) is 4.79 Å². The smallest absolute Gasteiger partial charge is 0.408 e. The van der Waals surface area contributed by atoms with Crippen LogP contribution in [0.15, 0.2) is 27.4 Å². The van der Waals surface area contributed by atoms with Crippen molar-refractivity contribution in [2.75, 3.05) is 13.2 Å². The minimum Gasteiger partial charge on any atom is -0.408 e. The van der Waals surface area contributed by atoms with Crippen LogP contribution in [-0.4, -0.2) is 18.2 Å². The van der Waals surface area contributed by atoms with Gasteiger partial charge < -0.3 is 15.5 Å². The molecule has 0 aliphatic rings. The fourth-order valence-corrected chi connectivity index (χ4v) is 1.86. The number of rotatable bonds is 4. The van der Waals surface area contributed by atoms with Gasteiger partial charge in [0.2, 0.25) is 0 Å². The molecule has 0 saturated carbocycles. The van der Waals surface area contributed by atoms with Gasteiger partial charge in [-0.3, -0.25) is 4.98 Å². The van der Waals surface area contributed by atoms with E-state index in [9.17, 15) is 4.79 Å². The van der Waals surface area contributed by atoms with E-state index in [1.807, 2.05) is 18.2 Å². The van der Waals surface area contributed by atoms with Crippen LogP contribution in [0.3, 0.4) is 0 Å². The maximum absolute atomic E-state index is 11.1. The Morgan fingerprint density at radius 2 is 2.24 bits per heavy atom. The van der Waals surface area contributed by atoms with Crippen LogP contribution < -0.4 is 16.8 Å². The maximum Gasteiger partial charge on any atom is 0.417 e. The standard InChI is InChI=1S/C12H17N3O2/c1-12(2,6-14-7-13)8-3-4-10-9(5-8)15-11(16)17-10/h3-5,14H,6-7,13H2,1-2H3,(H,15,16). The third-order valence-corrected chi connectivity index (χ3v) is 2.91. The number of hydrogen-bond donors (Lipinski definition) is 3. The van der Waals surface area contributed by atoms with Gasteiger partial charge in [-0.1, -0.05) is 19.9 Å². The normalized spacial score (nSPS) is 12.2. The third kappa shape index (κ3) is 2.40. The Kier molecular flexibility index (Phi) is 3.04. The van der Waals surface area contributed by atoms with E-state index in [0.29, 0.717) is 12.3 Å². The number of aromatic nitrogens is 1. The van der Waals surface area contributed by atoms with E-state index >= 15 is 0 Å². The minimum absolute atomic E-state index is 0.0539. The highest BCUT2D eigenvalue weighted by atomic mass is 16.4. The number of nitrogens with one attached hydrogen (secondary N) is 2. The van der Waals surface area contributed by atoms with Crippen LogP contribution in [0, 0.1) is 0 Å². The van der Waals surface area contributed by atoms with E-state index in [1.54, 1.807) is 0 Å². The largest absolute Gasteiger partial charge is 0.417 e. The zero-order chi connectivity index (χ0) is 12.5. The number of nitrogens with two attached hydrogens (primary N) is 1. The molecule has 0 aliphatic carbocycles. The number of hydrogen-bond acceptors (Lipinski definition) is 4. The number of oxazole rings is 1. The first kappa shape index (κ1) is 11.9. The van der Waals surface area contributed by atoms with Crippen molar-refractivity contribution in [1.82, 2.24) is 10.3 Å². The Balaban J connectivity index is 2.37. The molecule has 0 amide bonds. The Bertz CT molecular complexity index is 568. The number of benzene rings is 1. The molecule has 2 rings (SSSR count). The van der Waals surface area contributed by atoms with Gasteiger partial charge in [0.1, 0.15) is 0 Å². The van der Waals surface area contributed by atoms with Crippen LogP contribution in [0.1, 0.15) is 19.4 Å². The second-order valence-corrected chi connectivity index (χ2v) is 4.74. The Hall–Kier alpha value is -1.59. The summed E-state index contributed by atoms with van der Waals surface area (Å²) in [4.78, 5) is 13.7. The molecule has 0 bridgehead atoms. The molecule has 0 unspecified atom stereocenters. The van der Waals surface area contributed by atoms with Gasteiger partial charge in [-0.15, -0.1) is 0 Å². The van der Waals surface area contributed by atoms with Crippen molar-refractivity contribution >= 4 is 11.1 Å². The van der Waals surface area contributed by atoms with Crippen molar-refractivity contribution in [3.63, 3.8) is 0 Å². The lowest BCUT2D eigenvalue weighted by molar-refractivity contribution is 0.474. The lowest BCUT2D eigenvalue weighted by Gasteiger charge is -2.25. The van der Waals surface area contributed by atoms with Crippen LogP contribution in [0.2, 0.25) is 0 Å². The highest BCUT2D eigenvalue weighted by Gasteiger charge is 2.20. The van der Waals surface area contributed by atoms with E-state index in [2.05, 4.69) is 24.1 Å². The molecule has 0 radical (unpaired) electrons. The van der Waals surface area contributed by atoms with Crippen molar-refractivity contribution in [2.24, 2.45) is 5.73 Å². The molecule has 0 fully saturated rings. The monoisotopic (exact) mass is 235 g/mol. The van der Waals surface area contributed by atoms with Crippen LogP contribution in [-0.2, 0) is 5.41 Å². The molecule has 1 aromatic heterocycles. The van der Waals surface area contributed by atoms with Gasteiger partial charge >= 0.3 is 5.76 Å². The average Bonchev–Trinajstić information content (AvgIpc) is 2.65. The summed E-state index contributed by atoms with van der Waals surface area (Å²) in [5.41, 5.74) is 7.82. The highest BCUT2D eigenvalue weighted by molar-refractivity contribution is 5.73. The van der Waals surface area contributed by atoms with E-state index in [0.717, 1.165) is 17.6 Å². The van der Waals surface area contributed by atoms with Gasteiger partial charge in [0.05, 0.1) is 5.52 Å². The molecule has 5 nitrogen and oxygen atoms in total. The van der Waals surface area contributed by atoms with Crippen molar-refractivity contribution in [2.45, 2.75) is 19.3 Å². The van der Waals surface area contributed by atoms with Gasteiger partial charge in [0.25, 0.3) is 0 Å². The average molecular weight is 235 g/mol. The van der Waals surface area contributed by atoms with E-state index < -0.39 is 5.76 Å². The zero-order valence-electron chi connectivity index (χ0n) is 10.0. The fourth-order valence-electron chi connectivity index (χ4n) is 1.86. The quantitative estimate of drug-likeness (QED) is 0.688. The second kappa shape index (κ2) is 4.35. The zero-order valence-corrected chi connectivity index (χ0v) is 10.0. The summed E-state index contributed by atoms with van der Waals surface area (Å²) in [6.45, 7) is 5.47. The van der Waals surface area contributed by atoms with E-state index in [4.69, 9.17) is 10.2 Å². The molecule has 0 spiro atoms. The maximum atomic E-state index is 11.1. The third-order valence-electron chi connectivity index (χ3n) is 2.91. The summed E-state index contributed by atoms with van der Waals surface area (Å²) in [6.07, 6.45) is 0. The summed E-state index contributed by atoms with van der Waals surface area (Å²) in [7, 11) is 0. The topological polar surface area (TPSA) is 84.0 Å². The first-order valence-electron chi connectivity index (χ1n) is 5.57. The van der Waals surface area contributed by atoms with Crippen molar-refractivity contribution in [3.05, 3.63) is 34.3 Å². The van der Waals surface area contributed by atoms with Gasteiger partial charge in [-0.05, 0) is 17.7 Å². The van der Waals surface area contributed by atoms with Gasteiger partial charge in [0.15, 0.2) is 5.58 Å². The van der Waals surface area contributed by atoms with Gasteiger partial charge in [-0.2, -0.15) is 0 Å². The number of H-pyrrole nitrogens is 1. The lowest BCUT2D eigenvalue weighted by Crippen LogP contribution is -2.35. The SMILES string of the molecule is CC(C)(CNCN)c1ccc2oc(=O)[nH]c2c1. The summed E-state index contributed by atoms with van der Waals surface area (Å²) >= 11 is 0. The molecule has 5 heteroatoms. The van der Waals surface area contributed by atoms with Crippen LogP contribution in [0.5, 0.6) is 0 Å². The van der Waals surface area contributed by atoms with Crippen molar-refractivity contribution < 1.29 is 4.42 Å². The molecular weight excluding hydrogens is 218 g/mol. The Morgan fingerprint density at radius 3 is 2.94 bits per heavy atom. The molecule has 1 heterocycles. The summed E-state index contributed by atoms with van der Waals surface area (Å²) < 4.78 is 4.97. The predicted octanol–water partition coefficient (Wildman–Crippen LogP) is 0.904. The van der Waals surface area contributed by atoms with E-state index in [-0.39, 0.29) is 5.41 Å². The van der Waals surface area contributed by atoms with Crippen LogP contribution in [0.4, 0.5) is 0 Å². The molecule has 4 N–H and O–H groups in total. The summed E-state index contributed by atoms with van der Waals surface area (Å²) in [5, 5.41) is 3.12. The molecule has 1 aromatic carbocycles. The predicted molar refractivity (Wildman–Crippen MR) is 66.9 cm³/mol. The van der Waals surface area contributed by atoms with Crippen LogP contribution in [0.25, 0.3) is 11.1 Å². The first-order valence-corrected chi connectivity index (χ1v) is 5.57. The second-order valence-electron chi connectivity index (χ2n) is 4.74. The molecule has 0 saturated heterocycles. The molecule has 2 aromatic rings. The lowest BCUT2D eigenvalue weighted by atomic mass is 9.84. The van der Waals surface area contributed by atoms with Crippen molar-refractivity contribution in [3.8, 4) is 0 Å². The molecular formula is C12H17N3O2. The molecule has 92 valence electrons. The number of aromatic amines is 1. The fraction of sp³-hybridized carbons (Fsp3) is 0.417. The van der Waals surface area contributed by atoms with Gasteiger partial charge in [0, 0.05) is 18.6 Å². The molecule has 17 heavy (non-hydrogen) atoms. The molecule has 0 aliphatic heterocycles. The number of fused-ring (bicyclic) bond motifs is 1. The first-order chi connectivity index (χ1) is 8.03. The minimum atomic E-state index is -0.421. The van der Waals surface area contributed by atoms with E-state index in [1.165, 1.54) is 0 Å².